The number of thiophene rings is 1. The molecule has 1 aromatic rings. The van der Waals surface area contributed by atoms with Crippen LogP contribution in [-0.4, -0.2) is 11.8 Å². The minimum absolute atomic E-state index is 0.126. The summed E-state index contributed by atoms with van der Waals surface area (Å²) >= 11 is 1.24. The van der Waals surface area contributed by atoms with E-state index in [1.165, 1.54) is 17.4 Å². The molecule has 0 bridgehead atoms. The molecular formula is C9H9F2NOS. The zero-order valence-electron chi connectivity index (χ0n) is 7.35. The van der Waals surface area contributed by atoms with Gasteiger partial charge in [0.25, 0.3) is 11.8 Å². The summed E-state index contributed by atoms with van der Waals surface area (Å²) in [6.45, 7) is 0. The lowest BCUT2D eigenvalue weighted by atomic mass is 9.95. The topological polar surface area (TPSA) is 43.1 Å². The second-order valence-corrected chi connectivity index (χ2v) is 4.59. The van der Waals surface area contributed by atoms with E-state index in [0.29, 0.717) is 16.9 Å². The van der Waals surface area contributed by atoms with Crippen molar-refractivity contribution in [3.63, 3.8) is 0 Å². The lowest BCUT2D eigenvalue weighted by Crippen LogP contribution is -2.24. The Hall–Kier alpha value is -0.970. The molecule has 1 aliphatic rings. The first kappa shape index (κ1) is 9.58. The van der Waals surface area contributed by atoms with Crippen LogP contribution in [0.5, 0.6) is 0 Å². The maximum Gasteiger partial charge on any atom is 0.258 e. The number of hydrogen-bond acceptors (Lipinski definition) is 2. The third-order valence-corrected chi connectivity index (χ3v) is 3.56. The van der Waals surface area contributed by atoms with E-state index in [0.717, 1.165) is 4.88 Å². The Kier molecular flexibility index (Phi) is 2.06. The fourth-order valence-electron chi connectivity index (χ4n) is 1.61. The lowest BCUT2D eigenvalue weighted by molar-refractivity contribution is -0.0116. The van der Waals surface area contributed by atoms with Crippen molar-refractivity contribution >= 4 is 17.2 Å². The highest BCUT2D eigenvalue weighted by molar-refractivity contribution is 7.14. The molecular weight excluding hydrogens is 208 g/mol. The Balaban J connectivity index is 2.34. The quantitative estimate of drug-likeness (QED) is 0.767. The van der Waals surface area contributed by atoms with Crippen LogP contribution in [0.1, 0.15) is 26.5 Å². The van der Waals surface area contributed by atoms with Crippen molar-refractivity contribution < 1.29 is 13.6 Å². The molecule has 1 aliphatic carbocycles. The van der Waals surface area contributed by atoms with Crippen molar-refractivity contribution in [1.29, 1.82) is 0 Å². The van der Waals surface area contributed by atoms with Crippen molar-refractivity contribution in [3.05, 3.63) is 21.4 Å². The van der Waals surface area contributed by atoms with E-state index >= 15 is 0 Å². The number of alkyl halides is 2. The molecule has 2 N–H and O–H groups in total. The van der Waals surface area contributed by atoms with E-state index in [1.54, 1.807) is 0 Å². The first-order chi connectivity index (χ1) is 6.48. The summed E-state index contributed by atoms with van der Waals surface area (Å²) in [6.07, 6.45) is -0.0366. The Bertz CT molecular complexity index is 386. The molecule has 1 heterocycles. The highest BCUT2D eigenvalue weighted by atomic mass is 32.1. The van der Waals surface area contributed by atoms with Crippen LogP contribution in [0.3, 0.4) is 0 Å². The second kappa shape index (κ2) is 3.02. The number of rotatable bonds is 1. The van der Waals surface area contributed by atoms with E-state index in [9.17, 15) is 13.6 Å². The lowest BCUT2D eigenvalue weighted by Gasteiger charge is -2.21. The fraction of sp³-hybridized carbons (Fsp3) is 0.444. The molecule has 2 rings (SSSR count). The average molecular weight is 217 g/mol. The summed E-state index contributed by atoms with van der Waals surface area (Å²) in [5, 5.41) is 0. The van der Waals surface area contributed by atoms with E-state index in [-0.39, 0.29) is 12.8 Å². The zero-order valence-corrected chi connectivity index (χ0v) is 8.16. The van der Waals surface area contributed by atoms with E-state index in [4.69, 9.17) is 5.73 Å². The van der Waals surface area contributed by atoms with Gasteiger partial charge in [-0.05, 0) is 18.1 Å². The molecule has 0 atom stereocenters. The van der Waals surface area contributed by atoms with Crippen molar-refractivity contribution in [2.24, 2.45) is 5.73 Å². The van der Waals surface area contributed by atoms with Gasteiger partial charge in [0.2, 0.25) is 0 Å². The second-order valence-electron chi connectivity index (χ2n) is 3.46. The number of halogens is 2. The smallest absolute Gasteiger partial charge is 0.258 e. The van der Waals surface area contributed by atoms with Gasteiger partial charge in [-0.2, -0.15) is 0 Å². The number of nitrogens with two attached hydrogens (primary N) is 1. The fourth-order valence-corrected chi connectivity index (χ4v) is 2.65. The number of amides is 1. The molecule has 0 radical (unpaired) electrons. The van der Waals surface area contributed by atoms with Crippen LogP contribution in [-0.2, 0) is 12.8 Å². The van der Waals surface area contributed by atoms with Crippen molar-refractivity contribution in [3.8, 4) is 0 Å². The Labute approximate surface area is 83.7 Å². The van der Waals surface area contributed by atoms with E-state index in [1.807, 2.05) is 0 Å². The molecule has 14 heavy (non-hydrogen) atoms. The summed E-state index contributed by atoms with van der Waals surface area (Å²) < 4.78 is 26.0. The number of primary amides is 1. The van der Waals surface area contributed by atoms with Gasteiger partial charge >= 0.3 is 0 Å². The number of fused-ring (bicyclic) bond motifs is 1. The summed E-state index contributed by atoms with van der Waals surface area (Å²) in [6, 6.07) is 1.50. The summed E-state index contributed by atoms with van der Waals surface area (Å²) in [5.41, 5.74) is 5.66. The third kappa shape index (κ3) is 1.64. The third-order valence-electron chi connectivity index (χ3n) is 2.31. The monoisotopic (exact) mass is 217 g/mol. The number of aryl methyl sites for hydroxylation is 1. The van der Waals surface area contributed by atoms with Crippen molar-refractivity contribution in [2.45, 2.75) is 25.2 Å². The van der Waals surface area contributed by atoms with Gasteiger partial charge in [-0.3, -0.25) is 4.79 Å². The van der Waals surface area contributed by atoms with E-state index in [2.05, 4.69) is 0 Å². The van der Waals surface area contributed by atoms with Crippen LogP contribution in [0.15, 0.2) is 6.07 Å². The van der Waals surface area contributed by atoms with Gasteiger partial charge in [0.15, 0.2) is 0 Å². The highest BCUT2D eigenvalue weighted by Gasteiger charge is 2.35. The normalized spacial score (nSPS) is 19.0. The molecule has 0 aliphatic heterocycles. The minimum Gasteiger partial charge on any atom is -0.365 e. The van der Waals surface area contributed by atoms with Crippen molar-refractivity contribution in [2.75, 3.05) is 0 Å². The van der Waals surface area contributed by atoms with Crippen LogP contribution in [0.2, 0.25) is 0 Å². The van der Waals surface area contributed by atoms with Gasteiger partial charge in [0.1, 0.15) is 0 Å². The number of carbonyl (C=O) groups is 1. The van der Waals surface area contributed by atoms with Crippen LogP contribution < -0.4 is 5.73 Å². The van der Waals surface area contributed by atoms with Gasteiger partial charge in [-0.25, -0.2) is 8.78 Å². The molecule has 2 nitrogen and oxygen atoms in total. The maximum atomic E-state index is 13.0. The molecule has 0 saturated carbocycles. The molecule has 1 aromatic heterocycles. The first-order valence-electron chi connectivity index (χ1n) is 4.27. The zero-order chi connectivity index (χ0) is 10.3. The first-order valence-corrected chi connectivity index (χ1v) is 5.09. The van der Waals surface area contributed by atoms with Crippen LogP contribution in [0.4, 0.5) is 8.78 Å². The molecule has 0 aromatic carbocycles. The van der Waals surface area contributed by atoms with Gasteiger partial charge in [0.05, 0.1) is 4.88 Å². The molecule has 0 spiro atoms. The Morgan fingerprint density at radius 3 is 2.93 bits per heavy atom. The predicted octanol–water partition coefficient (Wildman–Crippen LogP) is 1.97. The number of hydrogen-bond donors (Lipinski definition) is 1. The Morgan fingerprint density at radius 2 is 2.29 bits per heavy atom. The minimum atomic E-state index is -2.62. The SMILES string of the molecule is NC(=O)c1cc2c(s1)CCC(F)(F)C2. The average Bonchev–Trinajstić information content (AvgIpc) is 2.45. The van der Waals surface area contributed by atoms with Gasteiger partial charge in [-0.15, -0.1) is 11.3 Å². The van der Waals surface area contributed by atoms with Crippen LogP contribution in [0.25, 0.3) is 0 Å². The molecule has 1 amide bonds. The molecule has 0 unspecified atom stereocenters. The molecule has 0 saturated heterocycles. The van der Waals surface area contributed by atoms with Gasteiger partial charge in [-0.1, -0.05) is 0 Å². The summed E-state index contributed by atoms with van der Waals surface area (Å²) in [4.78, 5) is 12.1. The summed E-state index contributed by atoms with van der Waals surface area (Å²) in [5.74, 6) is -3.16. The molecule has 0 fully saturated rings. The van der Waals surface area contributed by atoms with Gasteiger partial charge < -0.3 is 5.73 Å². The molecule has 76 valence electrons. The predicted molar refractivity (Wildman–Crippen MR) is 49.8 cm³/mol. The van der Waals surface area contributed by atoms with Crippen LogP contribution in [0, 0.1) is 0 Å². The largest absolute Gasteiger partial charge is 0.365 e. The molecule has 5 heteroatoms. The van der Waals surface area contributed by atoms with E-state index < -0.39 is 11.8 Å². The van der Waals surface area contributed by atoms with Gasteiger partial charge in [0, 0.05) is 17.7 Å². The highest BCUT2D eigenvalue weighted by Crippen LogP contribution is 2.37. The Morgan fingerprint density at radius 1 is 1.57 bits per heavy atom. The standard InChI is InChI=1S/C9H9F2NOS/c10-9(11)2-1-6-5(4-9)3-7(14-6)8(12)13/h3H,1-2,4H2,(H2,12,13). The maximum absolute atomic E-state index is 13.0. The number of carbonyl (C=O) groups excluding carboxylic acids is 1. The van der Waals surface area contributed by atoms with Crippen LogP contribution >= 0.6 is 11.3 Å². The van der Waals surface area contributed by atoms with Crippen molar-refractivity contribution in [1.82, 2.24) is 0 Å². The summed E-state index contributed by atoms with van der Waals surface area (Å²) in [7, 11) is 0.